The predicted octanol–water partition coefficient (Wildman–Crippen LogP) is 4.01. The Hall–Kier alpha value is -0.930. The van der Waals surface area contributed by atoms with E-state index in [1.807, 2.05) is 11.3 Å². The third-order valence-corrected chi connectivity index (χ3v) is 4.36. The average molecular weight is 262 g/mol. The maximum Gasteiger partial charge on any atom is 0.0938 e. The van der Waals surface area contributed by atoms with Gasteiger partial charge < -0.3 is 5.32 Å². The fourth-order valence-corrected chi connectivity index (χ4v) is 3.27. The number of nitrogens with zero attached hydrogens (tertiary/aromatic N) is 1. The molecule has 0 radical (unpaired) electrons. The van der Waals surface area contributed by atoms with Gasteiger partial charge in [0.05, 0.1) is 15.2 Å². The minimum atomic E-state index is 0.671. The van der Waals surface area contributed by atoms with Crippen molar-refractivity contribution in [3.63, 3.8) is 0 Å². The number of aryl methyl sites for hydroxylation is 1. The molecule has 1 unspecified atom stereocenters. The molecule has 3 heteroatoms. The molecule has 0 aliphatic rings. The van der Waals surface area contributed by atoms with E-state index >= 15 is 0 Å². The van der Waals surface area contributed by atoms with Crippen molar-refractivity contribution in [1.82, 2.24) is 10.3 Å². The van der Waals surface area contributed by atoms with Gasteiger partial charge in [-0.2, -0.15) is 0 Å². The Bertz CT molecular complexity index is 445. The highest BCUT2D eigenvalue weighted by molar-refractivity contribution is 7.18. The highest BCUT2D eigenvalue weighted by Crippen LogP contribution is 2.22. The summed E-state index contributed by atoms with van der Waals surface area (Å²) in [5.41, 5.74) is 1.15. The van der Waals surface area contributed by atoms with Crippen LogP contribution in [0.3, 0.4) is 0 Å². The van der Waals surface area contributed by atoms with Crippen LogP contribution in [0.5, 0.6) is 0 Å². The van der Waals surface area contributed by atoms with E-state index in [1.165, 1.54) is 29.0 Å². The van der Waals surface area contributed by atoms with Gasteiger partial charge in [0, 0.05) is 6.04 Å². The Morgan fingerprint density at radius 3 is 2.83 bits per heavy atom. The second kappa shape index (κ2) is 6.86. The Balaban J connectivity index is 1.86. The molecule has 98 valence electrons. The van der Waals surface area contributed by atoms with Crippen molar-refractivity contribution in [1.29, 1.82) is 0 Å². The lowest BCUT2D eigenvalue weighted by atomic mass is 10.1. The number of rotatable bonds is 7. The van der Waals surface area contributed by atoms with Gasteiger partial charge in [-0.05, 0) is 44.4 Å². The summed E-state index contributed by atoms with van der Waals surface area (Å²) >= 11 is 1.84. The van der Waals surface area contributed by atoms with Gasteiger partial charge in [-0.3, -0.25) is 0 Å². The largest absolute Gasteiger partial charge is 0.314 e. The quantitative estimate of drug-likeness (QED) is 0.815. The number of hydrogen-bond acceptors (Lipinski definition) is 3. The van der Waals surface area contributed by atoms with Crippen LogP contribution < -0.4 is 5.32 Å². The molecule has 0 bridgehead atoms. The summed E-state index contributed by atoms with van der Waals surface area (Å²) in [5, 5.41) is 4.81. The highest BCUT2D eigenvalue weighted by atomic mass is 32.1. The van der Waals surface area contributed by atoms with Gasteiger partial charge >= 0.3 is 0 Å². The van der Waals surface area contributed by atoms with Crippen LogP contribution in [0, 0.1) is 0 Å². The average Bonchev–Trinajstić information content (AvgIpc) is 2.80. The minimum absolute atomic E-state index is 0.671. The molecule has 0 amide bonds. The lowest BCUT2D eigenvalue weighted by Crippen LogP contribution is -2.27. The molecule has 1 aromatic carbocycles. The van der Waals surface area contributed by atoms with Crippen molar-refractivity contribution in [2.75, 3.05) is 6.54 Å². The molecule has 1 atom stereocenters. The molecule has 1 N–H and O–H groups in total. The molecule has 0 aliphatic heterocycles. The maximum absolute atomic E-state index is 4.68. The normalized spacial score (nSPS) is 13.0. The summed E-state index contributed by atoms with van der Waals surface area (Å²) in [6.45, 7) is 5.50. The Labute approximate surface area is 113 Å². The number of fused-ring (bicyclic) bond motifs is 1. The molecule has 18 heavy (non-hydrogen) atoms. The summed E-state index contributed by atoms with van der Waals surface area (Å²) in [5.74, 6) is 0. The zero-order chi connectivity index (χ0) is 12.8. The van der Waals surface area contributed by atoms with Crippen molar-refractivity contribution in [3.8, 4) is 0 Å². The zero-order valence-corrected chi connectivity index (χ0v) is 12.1. The number of aromatic nitrogens is 1. The van der Waals surface area contributed by atoms with Crippen LogP contribution in [0.1, 0.15) is 38.1 Å². The number of thiazole rings is 1. The predicted molar refractivity (Wildman–Crippen MR) is 80.3 cm³/mol. The Morgan fingerprint density at radius 2 is 2.11 bits per heavy atom. The van der Waals surface area contributed by atoms with E-state index in [1.54, 1.807) is 0 Å². The van der Waals surface area contributed by atoms with Gasteiger partial charge in [0.15, 0.2) is 0 Å². The topological polar surface area (TPSA) is 24.9 Å². The standard InChI is InChI=1S/C15H22N2S/c1-3-12(16-4-2)8-7-11-15-17-13-9-5-6-10-14(13)18-15/h5-6,9-10,12,16H,3-4,7-8,11H2,1-2H3. The Morgan fingerprint density at radius 1 is 1.28 bits per heavy atom. The zero-order valence-electron chi connectivity index (χ0n) is 11.3. The lowest BCUT2D eigenvalue weighted by molar-refractivity contribution is 0.467. The number of hydrogen-bond donors (Lipinski definition) is 1. The fourth-order valence-electron chi connectivity index (χ4n) is 2.27. The Kier molecular flexibility index (Phi) is 5.14. The van der Waals surface area contributed by atoms with E-state index in [9.17, 15) is 0 Å². The first-order valence-electron chi connectivity index (χ1n) is 6.91. The van der Waals surface area contributed by atoms with E-state index in [-0.39, 0.29) is 0 Å². The monoisotopic (exact) mass is 262 g/mol. The number of para-hydroxylation sites is 1. The van der Waals surface area contributed by atoms with Crippen LogP contribution in [0.4, 0.5) is 0 Å². The molecule has 2 rings (SSSR count). The molecule has 2 nitrogen and oxygen atoms in total. The third-order valence-electron chi connectivity index (χ3n) is 3.27. The summed E-state index contributed by atoms with van der Waals surface area (Å²) < 4.78 is 1.31. The molecule has 2 aromatic rings. The van der Waals surface area contributed by atoms with Crippen LogP contribution in [0.25, 0.3) is 10.2 Å². The van der Waals surface area contributed by atoms with E-state index in [0.29, 0.717) is 6.04 Å². The third kappa shape index (κ3) is 3.53. The van der Waals surface area contributed by atoms with Crippen molar-refractivity contribution in [2.24, 2.45) is 0 Å². The fraction of sp³-hybridized carbons (Fsp3) is 0.533. The van der Waals surface area contributed by atoms with Gasteiger partial charge in [0.2, 0.25) is 0 Å². The lowest BCUT2D eigenvalue weighted by Gasteiger charge is -2.14. The van der Waals surface area contributed by atoms with Crippen LogP contribution >= 0.6 is 11.3 Å². The van der Waals surface area contributed by atoms with E-state index in [0.717, 1.165) is 18.5 Å². The van der Waals surface area contributed by atoms with Gasteiger partial charge in [-0.1, -0.05) is 26.0 Å². The smallest absolute Gasteiger partial charge is 0.0938 e. The van der Waals surface area contributed by atoms with Crippen molar-refractivity contribution in [3.05, 3.63) is 29.3 Å². The SMILES string of the molecule is CCNC(CC)CCCc1nc2ccccc2s1. The van der Waals surface area contributed by atoms with Crippen LogP contribution in [-0.4, -0.2) is 17.6 Å². The van der Waals surface area contributed by atoms with Gasteiger partial charge in [-0.25, -0.2) is 4.98 Å². The van der Waals surface area contributed by atoms with Crippen molar-refractivity contribution < 1.29 is 0 Å². The van der Waals surface area contributed by atoms with Crippen LogP contribution in [-0.2, 0) is 6.42 Å². The molecule has 0 aliphatic carbocycles. The molecule has 0 fully saturated rings. The summed E-state index contributed by atoms with van der Waals surface area (Å²) in [6, 6.07) is 9.07. The molecule has 0 saturated heterocycles. The summed E-state index contributed by atoms with van der Waals surface area (Å²) in [7, 11) is 0. The van der Waals surface area contributed by atoms with Gasteiger partial charge in [0.1, 0.15) is 0 Å². The molecule has 1 aromatic heterocycles. The minimum Gasteiger partial charge on any atom is -0.314 e. The highest BCUT2D eigenvalue weighted by Gasteiger charge is 2.06. The molecule has 0 spiro atoms. The van der Waals surface area contributed by atoms with E-state index < -0.39 is 0 Å². The maximum atomic E-state index is 4.68. The van der Waals surface area contributed by atoms with Crippen LogP contribution in [0.2, 0.25) is 0 Å². The van der Waals surface area contributed by atoms with Crippen molar-refractivity contribution >= 4 is 21.6 Å². The first kappa shape index (κ1) is 13.5. The molecular formula is C15H22N2S. The van der Waals surface area contributed by atoms with E-state index in [2.05, 4.69) is 48.4 Å². The van der Waals surface area contributed by atoms with Gasteiger partial charge in [-0.15, -0.1) is 11.3 Å². The summed E-state index contributed by atoms with van der Waals surface area (Å²) in [6.07, 6.45) is 4.81. The van der Waals surface area contributed by atoms with Gasteiger partial charge in [0.25, 0.3) is 0 Å². The molecule has 1 heterocycles. The summed E-state index contributed by atoms with van der Waals surface area (Å²) in [4.78, 5) is 4.68. The first-order valence-corrected chi connectivity index (χ1v) is 7.73. The number of nitrogens with one attached hydrogen (secondary N) is 1. The first-order chi connectivity index (χ1) is 8.83. The molecule has 0 saturated carbocycles. The number of benzene rings is 1. The second-order valence-electron chi connectivity index (χ2n) is 4.63. The van der Waals surface area contributed by atoms with E-state index in [4.69, 9.17) is 0 Å². The van der Waals surface area contributed by atoms with Crippen LogP contribution in [0.15, 0.2) is 24.3 Å². The van der Waals surface area contributed by atoms with Crippen molar-refractivity contribution in [2.45, 2.75) is 45.6 Å². The molecular weight excluding hydrogens is 240 g/mol. The second-order valence-corrected chi connectivity index (χ2v) is 5.75.